The average molecular weight is 333 g/mol. The summed E-state index contributed by atoms with van der Waals surface area (Å²) in [6.45, 7) is 0. The summed E-state index contributed by atoms with van der Waals surface area (Å²) in [6.07, 6.45) is 3.05. The number of nitrogens with zero attached hydrogens (tertiary/aromatic N) is 3. The van der Waals surface area contributed by atoms with Crippen LogP contribution >= 0.6 is 11.6 Å². The van der Waals surface area contributed by atoms with E-state index in [1.54, 1.807) is 22.7 Å². The van der Waals surface area contributed by atoms with E-state index >= 15 is 0 Å². The lowest BCUT2D eigenvalue weighted by Crippen LogP contribution is -2.28. The van der Waals surface area contributed by atoms with Gasteiger partial charge in [0.2, 0.25) is 0 Å². The second-order valence-electron chi connectivity index (χ2n) is 4.42. The van der Waals surface area contributed by atoms with E-state index in [4.69, 9.17) is 11.6 Å². The molecule has 0 aromatic carbocycles. The average Bonchev–Trinajstić information content (AvgIpc) is 2.82. The fourth-order valence-electron chi connectivity index (χ4n) is 1.90. The summed E-state index contributed by atoms with van der Waals surface area (Å²) in [5.74, 6) is -0.741. The largest absolute Gasteiger partial charge is 0.326 e. The van der Waals surface area contributed by atoms with Crippen molar-refractivity contribution < 1.29 is 4.79 Å². The minimum atomic E-state index is -0.781. The number of hydrogen-bond acceptors (Lipinski definition) is 5. The minimum absolute atomic E-state index is 0.208. The SMILES string of the molecule is O=C(N/N=C/c1c(Cl)nc2ccccn12)c1cc(=O)[nH]c(=O)[nH]1. The first-order valence-electron chi connectivity index (χ1n) is 6.34. The van der Waals surface area contributed by atoms with Crippen LogP contribution in [0.15, 0.2) is 45.2 Å². The highest BCUT2D eigenvalue weighted by Crippen LogP contribution is 2.15. The molecular weight excluding hydrogens is 324 g/mol. The first-order chi connectivity index (χ1) is 11.0. The van der Waals surface area contributed by atoms with Crippen molar-refractivity contribution in [3.05, 3.63) is 67.8 Å². The zero-order valence-electron chi connectivity index (χ0n) is 11.4. The van der Waals surface area contributed by atoms with Crippen LogP contribution in [-0.4, -0.2) is 31.5 Å². The summed E-state index contributed by atoms with van der Waals surface area (Å²) >= 11 is 6.01. The number of amides is 1. The van der Waals surface area contributed by atoms with Crippen LogP contribution in [0, 0.1) is 0 Å². The maximum absolute atomic E-state index is 11.8. The molecule has 9 nitrogen and oxygen atoms in total. The van der Waals surface area contributed by atoms with Crippen LogP contribution in [0.3, 0.4) is 0 Å². The van der Waals surface area contributed by atoms with Crippen molar-refractivity contribution in [2.45, 2.75) is 0 Å². The van der Waals surface area contributed by atoms with Crippen LogP contribution < -0.4 is 16.7 Å². The van der Waals surface area contributed by atoms with Gasteiger partial charge in [0.05, 0.1) is 6.21 Å². The summed E-state index contributed by atoms with van der Waals surface area (Å²) < 4.78 is 1.69. The number of hydrazone groups is 1. The van der Waals surface area contributed by atoms with Gasteiger partial charge in [-0.05, 0) is 12.1 Å². The first-order valence-corrected chi connectivity index (χ1v) is 6.72. The van der Waals surface area contributed by atoms with Gasteiger partial charge in [0.25, 0.3) is 11.5 Å². The quantitative estimate of drug-likeness (QED) is 0.465. The molecule has 10 heteroatoms. The van der Waals surface area contributed by atoms with E-state index in [2.05, 4.69) is 20.5 Å². The summed E-state index contributed by atoms with van der Waals surface area (Å²) in [7, 11) is 0. The Morgan fingerprint density at radius 2 is 2.17 bits per heavy atom. The van der Waals surface area contributed by atoms with Gasteiger partial charge in [-0.3, -0.25) is 19.0 Å². The van der Waals surface area contributed by atoms with Crippen molar-refractivity contribution in [1.29, 1.82) is 0 Å². The van der Waals surface area contributed by atoms with Gasteiger partial charge in [0, 0.05) is 12.3 Å². The van der Waals surface area contributed by atoms with Crippen LogP contribution in [0.25, 0.3) is 5.65 Å². The molecule has 0 atom stereocenters. The third-order valence-corrected chi connectivity index (χ3v) is 3.16. The molecule has 23 heavy (non-hydrogen) atoms. The Kier molecular flexibility index (Phi) is 3.77. The van der Waals surface area contributed by atoms with Gasteiger partial charge in [0.15, 0.2) is 5.15 Å². The second kappa shape index (κ2) is 5.89. The minimum Gasteiger partial charge on any atom is -0.303 e. The van der Waals surface area contributed by atoms with Crippen LogP contribution in [0.2, 0.25) is 5.15 Å². The molecule has 0 unspecified atom stereocenters. The molecule has 0 bridgehead atoms. The van der Waals surface area contributed by atoms with Gasteiger partial charge in [-0.25, -0.2) is 15.2 Å². The van der Waals surface area contributed by atoms with E-state index in [-0.39, 0.29) is 10.8 Å². The lowest BCUT2D eigenvalue weighted by molar-refractivity contribution is 0.0949. The predicted octanol–water partition coefficient (Wildman–Crippen LogP) is 0.128. The molecule has 3 aromatic heterocycles. The molecule has 1 amide bonds. The zero-order valence-corrected chi connectivity index (χ0v) is 12.2. The Hall–Kier alpha value is -3.20. The lowest BCUT2D eigenvalue weighted by Gasteiger charge is -1.99. The van der Waals surface area contributed by atoms with E-state index in [9.17, 15) is 14.4 Å². The molecule has 0 aliphatic heterocycles. The number of nitrogens with one attached hydrogen (secondary N) is 3. The highest BCUT2D eigenvalue weighted by Gasteiger charge is 2.09. The molecule has 3 N–H and O–H groups in total. The maximum atomic E-state index is 11.8. The fourth-order valence-corrected chi connectivity index (χ4v) is 2.13. The van der Waals surface area contributed by atoms with E-state index in [0.717, 1.165) is 6.07 Å². The number of halogens is 1. The number of rotatable bonds is 3. The molecule has 3 aromatic rings. The number of H-pyrrole nitrogens is 2. The first kappa shape index (κ1) is 14.7. The van der Waals surface area contributed by atoms with Crippen molar-refractivity contribution >= 4 is 29.4 Å². The number of fused-ring (bicyclic) bond motifs is 1. The molecule has 0 saturated carbocycles. The van der Waals surface area contributed by atoms with Crippen LogP contribution in [-0.2, 0) is 0 Å². The van der Waals surface area contributed by atoms with Gasteiger partial charge in [0.1, 0.15) is 17.0 Å². The number of pyridine rings is 1. The number of carbonyl (C=O) groups excluding carboxylic acids is 1. The summed E-state index contributed by atoms with van der Waals surface area (Å²) in [5.41, 5.74) is 1.62. The summed E-state index contributed by atoms with van der Waals surface area (Å²) in [5, 5.41) is 3.98. The normalized spacial score (nSPS) is 11.2. The molecule has 0 saturated heterocycles. The van der Waals surface area contributed by atoms with Crippen molar-refractivity contribution in [3.8, 4) is 0 Å². The predicted molar refractivity (Wildman–Crippen MR) is 82.9 cm³/mol. The Bertz CT molecular complexity index is 1000. The van der Waals surface area contributed by atoms with Crippen LogP contribution in [0.1, 0.15) is 16.2 Å². The van der Waals surface area contributed by atoms with E-state index in [1.807, 2.05) is 11.1 Å². The van der Waals surface area contributed by atoms with Crippen molar-refractivity contribution in [2.24, 2.45) is 5.10 Å². The zero-order chi connectivity index (χ0) is 16.4. The van der Waals surface area contributed by atoms with Crippen molar-refractivity contribution in [1.82, 2.24) is 24.8 Å². The Balaban J connectivity index is 1.83. The summed E-state index contributed by atoms with van der Waals surface area (Å²) in [6, 6.07) is 6.32. The number of hydrogen-bond donors (Lipinski definition) is 3. The standard InChI is InChI=1S/C13H9ClN6O3/c14-11-8(20-4-2-1-3-9(20)17-11)6-15-19-12(22)7-5-10(21)18-13(23)16-7/h1-6H,(H,19,22)(H2,16,18,21,23)/b15-6+. The van der Waals surface area contributed by atoms with Gasteiger partial charge in [-0.1, -0.05) is 17.7 Å². The topological polar surface area (TPSA) is 124 Å². The number of carbonyl (C=O) groups is 1. The van der Waals surface area contributed by atoms with Crippen LogP contribution in [0.4, 0.5) is 0 Å². The summed E-state index contributed by atoms with van der Waals surface area (Å²) in [4.78, 5) is 42.3. The Morgan fingerprint density at radius 1 is 1.35 bits per heavy atom. The fraction of sp³-hybridized carbons (Fsp3) is 0. The highest BCUT2D eigenvalue weighted by molar-refractivity contribution is 6.32. The molecular formula is C13H9ClN6O3. The van der Waals surface area contributed by atoms with E-state index in [0.29, 0.717) is 11.3 Å². The third kappa shape index (κ3) is 3.04. The smallest absolute Gasteiger partial charge is 0.303 e. The second-order valence-corrected chi connectivity index (χ2v) is 4.78. The molecule has 3 heterocycles. The molecule has 3 rings (SSSR count). The Morgan fingerprint density at radius 3 is 2.96 bits per heavy atom. The molecule has 116 valence electrons. The maximum Gasteiger partial charge on any atom is 0.326 e. The molecule has 0 radical (unpaired) electrons. The van der Waals surface area contributed by atoms with Gasteiger partial charge < -0.3 is 4.98 Å². The molecule has 0 aliphatic rings. The van der Waals surface area contributed by atoms with Gasteiger partial charge in [-0.2, -0.15) is 5.10 Å². The lowest BCUT2D eigenvalue weighted by atomic mass is 10.4. The van der Waals surface area contributed by atoms with E-state index < -0.39 is 17.2 Å². The van der Waals surface area contributed by atoms with Gasteiger partial charge in [-0.15, -0.1) is 0 Å². The number of imidazole rings is 1. The van der Waals surface area contributed by atoms with Gasteiger partial charge >= 0.3 is 5.69 Å². The van der Waals surface area contributed by atoms with Crippen LogP contribution in [0.5, 0.6) is 0 Å². The monoisotopic (exact) mass is 332 g/mol. The highest BCUT2D eigenvalue weighted by atomic mass is 35.5. The molecule has 0 spiro atoms. The van der Waals surface area contributed by atoms with Crippen molar-refractivity contribution in [3.63, 3.8) is 0 Å². The Labute approximate surface area is 132 Å². The molecule has 0 aliphatic carbocycles. The number of aromatic amines is 2. The third-order valence-electron chi connectivity index (χ3n) is 2.88. The number of aromatic nitrogens is 4. The molecule has 0 fully saturated rings. The van der Waals surface area contributed by atoms with Crippen molar-refractivity contribution in [2.75, 3.05) is 0 Å². The van der Waals surface area contributed by atoms with E-state index in [1.165, 1.54) is 6.21 Å².